The van der Waals surface area contributed by atoms with E-state index in [2.05, 4.69) is 10.4 Å². The first kappa shape index (κ1) is 18.6. The summed E-state index contributed by atoms with van der Waals surface area (Å²) in [6, 6.07) is 5.85. The van der Waals surface area contributed by atoms with Gasteiger partial charge in [-0.3, -0.25) is 9.59 Å². The summed E-state index contributed by atoms with van der Waals surface area (Å²) in [5, 5.41) is 17.2. The van der Waals surface area contributed by atoms with Gasteiger partial charge in [0.2, 0.25) is 0 Å². The molecule has 0 saturated heterocycles. The van der Waals surface area contributed by atoms with Gasteiger partial charge in [0.05, 0.1) is 22.8 Å². The van der Waals surface area contributed by atoms with E-state index in [1.54, 1.807) is 12.1 Å². The Kier molecular flexibility index (Phi) is 4.04. The first-order valence-corrected chi connectivity index (χ1v) is 10.2. The predicted molar refractivity (Wildman–Crippen MR) is 106 cm³/mol. The van der Waals surface area contributed by atoms with Crippen LogP contribution in [0.2, 0.25) is 5.02 Å². The highest BCUT2D eigenvalue weighted by molar-refractivity contribution is 6.33. The van der Waals surface area contributed by atoms with Crippen molar-refractivity contribution in [2.24, 2.45) is 17.3 Å². The maximum atomic E-state index is 13.4. The number of aliphatic carboxylic acids is 1. The van der Waals surface area contributed by atoms with E-state index >= 15 is 0 Å². The van der Waals surface area contributed by atoms with Crippen molar-refractivity contribution in [3.05, 3.63) is 51.7 Å². The minimum atomic E-state index is -0.768. The van der Waals surface area contributed by atoms with E-state index in [-0.39, 0.29) is 5.02 Å². The lowest BCUT2D eigenvalue weighted by atomic mass is 9.47. The molecule has 152 valence electrons. The molecule has 2 aromatic rings. The summed E-state index contributed by atoms with van der Waals surface area (Å²) in [5.41, 5.74) is -1.03. The van der Waals surface area contributed by atoms with Crippen LogP contribution in [0.15, 0.2) is 35.3 Å². The lowest BCUT2D eigenvalue weighted by molar-refractivity contribution is -0.173. The molecular weight excluding hydrogens is 397 g/mol. The number of hydrogen-bond donors (Lipinski definition) is 2. The van der Waals surface area contributed by atoms with Crippen LogP contribution in [0.3, 0.4) is 0 Å². The Morgan fingerprint density at radius 1 is 1.28 bits per heavy atom. The molecular formula is C21H21ClFN3O3. The summed E-state index contributed by atoms with van der Waals surface area (Å²) in [5.74, 6) is -0.575. The van der Waals surface area contributed by atoms with Gasteiger partial charge >= 0.3 is 5.97 Å². The largest absolute Gasteiger partial charge is 0.481 e. The first-order chi connectivity index (χ1) is 13.8. The topological polar surface area (TPSA) is 84.2 Å². The van der Waals surface area contributed by atoms with Crippen LogP contribution in [-0.2, 0) is 10.3 Å². The predicted octanol–water partition coefficient (Wildman–Crippen LogP) is 4.16. The smallest absolute Gasteiger partial charge is 0.309 e. The fourth-order valence-corrected chi connectivity index (χ4v) is 6.47. The molecule has 1 aromatic carbocycles. The molecule has 1 aromatic heterocycles. The summed E-state index contributed by atoms with van der Waals surface area (Å²) in [6.07, 6.45) is 5.81. The molecule has 4 bridgehead atoms. The number of carboxylic acids is 1. The summed E-state index contributed by atoms with van der Waals surface area (Å²) in [6.45, 7) is 0. The highest BCUT2D eigenvalue weighted by atomic mass is 35.5. The third-order valence-electron chi connectivity index (χ3n) is 6.96. The fraction of sp³-hybridized carbons (Fsp3) is 0.476. The number of benzene rings is 1. The number of rotatable bonds is 4. The van der Waals surface area contributed by atoms with Crippen molar-refractivity contribution < 1.29 is 14.3 Å². The maximum absolute atomic E-state index is 13.4. The Bertz CT molecular complexity index is 1060. The van der Waals surface area contributed by atoms with Crippen molar-refractivity contribution in [2.75, 3.05) is 5.32 Å². The van der Waals surface area contributed by atoms with E-state index < -0.39 is 28.3 Å². The summed E-state index contributed by atoms with van der Waals surface area (Å²) < 4.78 is 14.9. The van der Waals surface area contributed by atoms with Gasteiger partial charge < -0.3 is 10.4 Å². The van der Waals surface area contributed by atoms with Gasteiger partial charge in [-0.25, -0.2) is 9.07 Å². The Morgan fingerprint density at radius 2 is 2.00 bits per heavy atom. The van der Waals surface area contributed by atoms with Gasteiger partial charge in [0.25, 0.3) is 5.56 Å². The van der Waals surface area contributed by atoms with Crippen molar-refractivity contribution in [3.8, 4) is 0 Å². The zero-order valence-electron chi connectivity index (χ0n) is 15.7. The second kappa shape index (κ2) is 6.29. The molecule has 8 heteroatoms. The second-order valence-electron chi connectivity index (χ2n) is 9.00. The summed E-state index contributed by atoms with van der Waals surface area (Å²) in [7, 11) is 0. The van der Waals surface area contributed by atoms with Crippen molar-refractivity contribution in [1.29, 1.82) is 0 Å². The minimum absolute atomic E-state index is 0.0237. The van der Waals surface area contributed by atoms with Crippen molar-refractivity contribution in [1.82, 2.24) is 9.78 Å². The number of anilines is 2. The molecule has 0 aliphatic heterocycles. The average molecular weight is 418 g/mol. The Morgan fingerprint density at radius 3 is 2.66 bits per heavy atom. The van der Waals surface area contributed by atoms with E-state index in [1.807, 2.05) is 0 Å². The summed E-state index contributed by atoms with van der Waals surface area (Å²) in [4.78, 5) is 25.2. The minimum Gasteiger partial charge on any atom is -0.481 e. The Hall–Kier alpha value is -2.41. The SMILES string of the molecule is O=C(O)C12CC3CC(C1)CC(n1ncc(Nc4cccc(F)c4)c(Cl)c1=O)(C3)C2. The molecule has 29 heavy (non-hydrogen) atoms. The fourth-order valence-electron chi connectivity index (χ4n) is 6.29. The molecule has 2 unspecified atom stereocenters. The van der Waals surface area contributed by atoms with Gasteiger partial charge in [-0.15, -0.1) is 0 Å². The van der Waals surface area contributed by atoms with Gasteiger partial charge in [-0.05, 0) is 68.6 Å². The number of nitrogens with one attached hydrogen (secondary N) is 1. The Balaban J connectivity index is 1.53. The van der Waals surface area contributed by atoms with Crippen molar-refractivity contribution in [3.63, 3.8) is 0 Å². The molecule has 0 spiro atoms. The van der Waals surface area contributed by atoms with Gasteiger partial charge in [-0.2, -0.15) is 5.10 Å². The number of carboxylic acid groups (broad SMARTS) is 1. The maximum Gasteiger partial charge on any atom is 0.309 e. The third kappa shape index (κ3) is 2.86. The number of hydrogen-bond acceptors (Lipinski definition) is 4. The number of carbonyl (C=O) groups is 1. The van der Waals surface area contributed by atoms with Crippen LogP contribution in [-0.4, -0.2) is 20.9 Å². The molecule has 4 aliphatic carbocycles. The van der Waals surface area contributed by atoms with Crippen LogP contribution in [0.1, 0.15) is 38.5 Å². The lowest BCUT2D eigenvalue weighted by Crippen LogP contribution is -2.61. The molecule has 6 nitrogen and oxygen atoms in total. The van der Waals surface area contributed by atoms with Crippen molar-refractivity contribution in [2.45, 2.75) is 44.1 Å². The first-order valence-electron chi connectivity index (χ1n) is 9.85. The Labute approximate surface area is 171 Å². The number of nitrogens with zero attached hydrogens (tertiary/aromatic N) is 2. The molecule has 2 atom stereocenters. The zero-order valence-corrected chi connectivity index (χ0v) is 16.5. The van der Waals surface area contributed by atoms with Crippen LogP contribution in [0.25, 0.3) is 0 Å². The van der Waals surface area contributed by atoms with E-state index in [0.717, 1.165) is 19.3 Å². The third-order valence-corrected chi connectivity index (χ3v) is 7.32. The normalized spacial score (nSPS) is 32.3. The molecule has 0 amide bonds. The number of aromatic nitrogens is 2. The molecule has 0 radical (unpaired) electrons. The second-order valence-corrected chi connectivity index (χ2v) is 9.37. The van der Waals surface area contributed by atoms with Crippen LogP contribution in [0, 0.1) is 23.1 Å². The standard InChI is InChI=1S/C21H21ClFN3O3/c22-17-16(25-15-3-1-2-14(23)5-15)10-24-26(18(17)27)21-8-12-4-13(9-21)7-20(6-12,11-21)19(28)29/h1-3,5,10,12-13,25H,4,6-9,11H2,(H,28,29). The van der Waals surface area contributed by atoms with Gasteiger partial charge in [0.1, 0.15) is 10.8 Å². The molecule has 4 aliphatic rings. The van der Waals surface area contributed by atoms with E-state index in [1.165, 1.54) is 23.0 Å². The molecule has 2 N–H and O–H groups in total. The van der Waals surface area contributed by atoms with Crippen LogP contribution in [0.4, 0.5) is 15.8 Å². The molecule has 4 fully saturated rings. The zero-order chi connectivity index (χ0) is 20.4. The summed E-state index contributed by atoms with van der Waals surface area (Å²) >= 11 is 6.38. The molecule has 4 saturated carbocycles. The van der Waals surface area contributed by atoms with E-state index in [9.17, 15) is 19.1 Å². The molecule has 1 heterocycles. The van der Waals surface area contributed by atoms with E-state index in [4.69, 9.17) is 11.6 Å². The quantitative estimate of drug-likeness (QED) is 0.780. The van der Waals surface area contributed by atoms with Gasteiger partial charge in [0, 0.05) is 5.69 Å². The lowest BCUT2D eigenvalue weighted by Gasteiger charge is -2.60. The molecule has 6 rings (SSSR count). The highest BCUT2D eigenvalue weighted by Gasteiger charge is 2.62. The van der Waals surface area contributed by atoms with Crippen molar-refractivity contribution >= 4 is 28.9 Å². The number of halogens is 2. The average Bonchev–Trinajstić information content (AvgIpc) is 2.64. The van der Waals surface area contributed by atoms with Crippen LogP contribution < -0.4 is 10.9 Å². The highest BCUT2D eigenvalue weighted by Crippen LogP contribution is 2.63. The monoisotopic (exact) mass is 417 g/mol. The van der Waals surface area contributed by atoms with Crippen LogP contribution >= 0.6 is 11.6 Å². The van der Waals surface area contributed by atoms with E-state index in [0.29, 0.717) is 42.5 Å². The van der Waals surface area contributed by atoms with Gasteiger partial charge in [-0.1, -0.05) is 17.7 Å². The van der Waals surface area contributed by atoms with Gasteiger partial charge in [0.15, 0.2) is 0 Å². The van der Waals surface area contributed by atoms with Crippen LogP contribution in [0.5, 0.6) is 0 Å².